The minimum absolute atomic E-state index is 0.0865. The number of anilines is 1. The number of hydrogen-bond donors (Lipinski definition) is 1. The average Bonchev–Trinajstić information content (AvgIpc) is 3.04. The van der Waals surface area contributed by atoms with Gasteiger partial charge in [0, 0.05) is 25.0 Å². The van der Waals surface area contributed by atoms with Crippen molar-refractivity contribution in [1.29, 1.82) is 0 Å². The summed E-state index contributed by atoms with van der Waals surface area (Å²) >= 11 is 0. The van der Waals surface area contributed by atoms with E-state index in [0.717, 1.165) is 15.8 Å². The molecule has 9 heteroatoms. The fourth-order valence-electron chi connectivity index (χ4n) is 3.12. The molecule has 0 radical (unpaired) electrons. The second-order valence-corrected chi connectivity index (χ2v) is 6.53. The van der Waals surface area contributed by atoms with Gasteiger partial charge in [-0.25, -0.2) is 4.98 Å². The summed E-state index contributed by atoms with van der Waals surface area (Å²) in [6.45, 7) is 4.29. The van der Waals surface area contributed by atoms with Gasteiger partial charge in [0.2, 0.25) is 5.91 Å². The van der Waals surface area contributed by atoms with Crippen LogP contribution in [0.25, 0.3) is 5.78 Å². The van der Waals surface area contributed by atoms with E-state index in [-0.39, 0.29) is 23.8 Å². The van der Waals surface area contributed by atoms with Crippen molar-refractivity contribution in [2.45, 2.75) is 13.8 Å². The van der Waals surface area contributed by atoms with E-state index >= 15 is 0 Å². The van der Waals surface area contributed by atoms with Crippen molar-refractivity contribution in [1.82, 2.24) is 24.5 Å². The van der Waals surface area contributed by atoms with Gasteiger partial charge >= 0.3 is 0 Å². The molecule has 9 nitrogen and oxygen atoms in total. The summed E-state index contributed by atoms with van der Waals surface area (Å²) in [4.78, 5) is 49.0. The third kappa shape index (κ3) is 2.97. The molecule has 0 aliphatic carbocycles. The third-order valence-corrected chi connectivity index (χ3v) is 4.57. The standard InChI is InChI=1S/C18H18N6O3/c1-11-3-5-13(6-4-11)23-8-7-22(10-15(23)25)16(26)14-9-19-18-20-12(2)21-24(18)17(14)27/h3-6,9H,7-8,10H2,1-2H3,(H,19,20,21). The Hall–Kier alpha value is -3.49. The fraction of sp³-hybridized carbons (Fsp3) is 0.278. The SMILES string of the molecule is Cc1ccc(N2CCN(C(=O)c3cnc4nc(C)[nH]n4c3=O)CC2=O)cc1. The predicted molar refractivity (Wildman–Crippen MR) is 97.8 cm³/mol. The second kappa shape index (κ2) is 6.35. The Bertz CT molecular complexity index is 1100. The van der Waals surface area contributed by atoms with Crippen LogP contribution in [0.2, 0.25) is 0 Å². The quantitative estimate of drug-likeness (QED) is 0.712. The van der Waals surface area contributed by atoms with Crippen LogP contribution >= 0.6 is 0 Å². The van der Waals surface area contributed by atoms with E-state index in [9.17, 15) is 14.4 Å². The molecule has 1 saturated heterocycles. The molecule has 1 aromatic carbocycles. The lowest BCUT2D eigenvalue weighted by Crippen LogP contribution is -2.53. The summed E-state index contributed by atoms with van der Waals surface area (Å²) in [5.74, 6) is 0.0245. The number of nitrogens with zero attached hydrogens (tertiary/aromatic N) is 5. The predicted octanol–water partition coefficient (Wildman–Crippen LogP) is 0.523. The Morgan fingerprint density at radius 3 is 2.56 bits per heavy atom. The Morgan fingerprint density at radius 2 is 1.85 bits per heavy atom. The van der Waals surface area contributed by atoms with Crippen LogP contribution in [0, 0.1) is 13.8 Å². The molecule has 3 aromatic rings. The number of hydrogen-bond acceptors (Lipinski definition) is 5. The zero-order valence-corrected chi connectivity index (χ0v) is 15.0. The van der Waals surface area contributed by atoms with Gasteiger partial charge in [-0.05, 0) is 26.0 Å². The van der Waals surface area contributed by atoms with Gasteiger partial charge in [-0.3, -0.25) is 19.5 Å². The molecule has 2 aromatic heterocycles. The number of carbonyl (C=O) groups excluding carboxylic acids is 2. The van der Waals surface area contributed by atoms with Crippen LogP contribution in [0.4, 0.5) is 5.69 Å². The van der Waals surface area contributed by atoms with E-state index in [1.807, 2.05) is 31.2 Å². The molecule has 1 aliphatic rings. The first-order valence-corrected chi connectivity index (χ1v) is 8.55. The first kappa shape index (κ1) is 17.0. The van der Waals surface area contributed by atoms with Gasteiger partial charge in [-0.1, -0.05) is 17.7 Å². The van der Waals surface area contributed by atoms with Crippen molar-refractivity contribution in [3.05, 3.63) is 57.8 Å². The number of aromatic nitrogens is 4. The van der Waals surface area contributed by atoms with Crippen LogP contribution in [0.3, 0.4) is 0 Å². The molecule has 0 bridgehead atoms. The minimum atomic E-state index is -0.529. The summed E-state index contributed by atoms with van der Waals surface area (Å²) < 4.78 is 1.13. The first-order valence-electron chi connectivity index (χ1n) is 8.55. The number of benzene rings is 1. The van der Waals surface area contributed by atoms with E-state index < -0.39 is 11.5 Å². The normalized spacial score (nSPS) is 14.8. The number of rotatable bonds is 2. The zero-order valence-electron chi connectivity index (χ0n) is 15.0. The van der Waals surface area contributed by atoms with Crippen LogP contribution in [-0.2, 0) is 4.79 Å². The zero-order chi connectivity index (χ0) is 19.1. The van der Waals surface area contributed by atoms with Gasteiger partial charge in [-0.15, -0.1) is 0 Å². The molecule has 4 rings (SSSR count). The van der Waals surface area contributed by atoms with Crippen molar-refractivity contribution in [3.8, 4) is 0 Å². The van der Waals surface area contributed by atoms with Crippen molar-refractivity contribution in [2.75, 3.05) is 24.5 Å². The van der Waals surface area contributed by atoms with E-state index in [4.69, 9.17) is 0 Å². The van der Waals surface area contributed by atoms with Crippen LogP contribution in [0.5, 0.6) is 0 Å². The number of amides is 2. The van der Waals surface area contributed by atoms with E-state index in [1.165, 1.54) is 11.1 Å². The molecule has 27 heavy (non-hydrogen) atoms. The van der Waals surface area contributed by atoms with E-state index in [1.54, 1.807) is 11.8 Å². The van der Waals surface area contributed by atoms with Crippen LogP contribution < -0.4 is 10.5 Å². The molecule has 1 aliphatic heterocycles. The summed E-state index contributed by atoms with van der Waals surface area (Å²) in [6, 6.07) is 7.65. The summed E-state index contributed by atoms with van der Waals surface area (Å²) in [7, 11) is 0. The summed E-state index contributed by atoms with van der Waals surface area (Å²) in [5.41, 5.74) is 1.29. The molecule has 1 N–H and O–H groups in total. The van der Waals surface area contributed by atoms with Gasteiger partial charge < -0.3 is 9.80 Å². The summed E-state index contributed by atoms with van der Waals surface area (Å²) in [5, 5.41) is 2.75. The highest BCUT2D eigenvalue weighted by atomic mass is 16.2. The van der Waals surface area contributed by atoms with Gasteiger partial charge in [0.15, 0.2) is 0 Å². The monoisotopic (exact) mass is 366 g/mol. The van der Waals surface area contributed by atoms with Crippen LogP contribution in [0.1, 0.15) is 21.7 Å². The molecule has 0 unspecified atom stereocenters. The lowest BCUT2D eigenvalue weighted by Gasteiger charge is -2.34. The van der Waals surface area contributed by atoms with Gasteiger partial charge in [-0.2, -0.15) is 9.50 Å². The van der Waals surface area contributed by atoms with Crippen molar-refractivity contribution < 1.29 is 9.59 Å². The molecule has 2 amide bonds. The van der Waals surface area contributed by atoms with Gasteiger partial charge in [0.25, 0.3) is 17.2 Å². The molecule has 0 saturated carbocycles. The molecule has 138 valence electrons. The second-order valence-electron chi connectivity index (χ2n) is 6.53. The Kier molecular flexibility index (Phi) is 3.98. The number of H-pyrrole nitrogens is 1. The lowest BCUT2D eigenvalue weighted by atomic mass is 10.2. The van der Waals surface area contributed by atoms with Crippen molar-refractivity contribution in [2.24, 2.45) is 0 Å². The molecule has 1 fully saturated rings. The maximum absolute atomic E-state index is 12.8. The van der Waals surface area contributed by atoms with Gasteiger partial charge in [0.1, 0.15) is 17.9 Å². The molecule has 0 atom stereocenters. The first-order chi connectivity index (χ1) is 12.9. The number of carbonyl (C=O) groups is 2. The largest absolute Gasteiger partial charge is 0.327 e. The number of aryl methyl sites for hydroxylation is 2. The molecule has 0 spiro atoms. The highest BCUT2D eigenvalue weighted by molar-refractivity contribution is 6.01. The highest BCUT2D eigenvalue weighted by Gasteiger charge is 2.30. The van der Waals surface area contributed by atoms with E-state index in [2.05, 4.69) is 15.1 Å². The van der Waals surface area contributed by atoms with Crippen LogP contribution in [0.15, 0.2) is 35.3 Å². The number of fused-ring (bicyclic) bond motifs is 1. The summed E-state index contributed by atoms with van der Waals surface area (Å²) in [6.07, 6.45) is 1.22. The van der Waals surface area contributed by atoms with Crippen molar-refractivity contribution >= 4 is 23.3 Å². The topological polar surface area (TPSA) is 104 Å². The highest BCUT2D eigenvalue weighted by Crippen LogP contribution is 2.18. The maximum atomic E-state index is 12.8. The Labute approximate surface area is 154 Å². The number of aromatic amines is 1. The third-order valence-electron chi connectivity index (χ3n) is 4.57. The maximum Gasteiger partial charge on any atom is 0.286 e. The Morgan fingerprint density at radius 1 is 1.11 bits per heavy atom. The number of piperazine rings is 1. The van der Waals surface area contributed by atoms with E-state index in [0.29, 0.717) is 18.9 Å². The lowest BCUT2D eigenvalue weighted by molar-refractivity contribution is -0.120. The van der Waals surface area contributed by atoms with Gasteiger partial charge in [0.05, 0.1) is 0 Å². The molecule has 3 heterocycles. The minimum Gasteiger partial charge on any atom is -0.327 e. The smallest absolute Gasteiger partial charge is 0.286 e. The van der Waals surface area contributed by atoms with Crippen molar-refractivity contribution in [3.63, 3.8) is 0 Å². The van der Waals surface area contributed by atoms with Crippen LogP contribution in [-0.4, -0.2) is 55.9 Å². The molecular weight excluding hydrogens is 348 g/mol. The Balaban J connectivity index is 1.56. The fourth-order valence-corrected chi connectivity index (χ4v) is 3.12. The number of nitrogens with one attached hydrogen (secondary N) is 1. The average molecular weight is 366 g/mol. The molecular formula is C18H18N6O3.